The predicted molar refractivity (Wildman–Crippen MR) is 128 cm³/mol. The van der Waals surface area contributed by atoms with Crippen LogP contribution < -0.4 is 4.74 Å². The molecule has 0 N–H and O–H groups in total. The molecule has 178 valence electrons. The average Bonchev–Trinajstić information content (AvgIpc) is 3.20. The van der Waals surface area contributed by atoms with Crippen molar-refractivity contribution in [2.45, 2.75) is 17.3 Å². The van der Waals surface area contributed by atoms with Crippen LogP contribution in [0.2, 0.25) is 0 Å². The van der Waals surface area contributed by atoms with Gasteiger partial charge in [0.1, 0.15) is 11.3 Å². The van der Waals surface area contributed by atoms with E-state index in [4.69, 9.17) is 6.57 Å². The average molecular weight is 505 g/mol. The van der Waals surface area contributed by atoms with E-state index < -0.39 is 18.0 Å². The number of benzene rings is 3. The molecule has 0 atom stereocenters. The van der Waals surface area contributed by atoms with Crippen molar-refractivity contribution < 1.29 is 22.7 Å². The number of fused-ring (bicyclic) bond motifs is 3. The third-order valence-corrected chi connectivity index (χ3v) is 6.15. The van der Waals surface area contributed by atoms with Crippen molar-refractivity contribution in [2.75, 3.05) is 0 Å². The number of para-hydroxylation sites is 2. The highest BCUT2D eigenvalue weighted by Gasteiger charge is 2.31. The van der Waals surface area contributed by atoms with Crippen molar-refractivity contribution in [3.63, 3.8) is 0 Å². The Kier molecular flexibility index (Phi) is 6.03. The third-order valence-electron chi connectivity index (χ3n) is 5.27. The van der Waals surface area contributed by atoms with Crippen LogP contribution in [0.3, 0.4) is 0 Å². The van der Waals surface area contributed by atoms with Gasteiger partial charge in [0, 0.05) is 16.7 Å². The predicted octanol–water partition coefficient (Wildman–Crippen LogP) is 6.41. The molecule has 0 radical (unpaired) electrons. The van der Waals surface area contributed by atoms with E-state index >= 15 is 0 Å². The summed E-state index contributed by atoms with van der Waals surface area (Å²) in [7, 11) is 0. The molecule has 0 saturated heterocycles. The number of hydrogen-bond acceptors (Lipinski definition) is 6. The fraction of sp³-hybridized carbons (Fsp3) is 0.0800. The van der Waals surface area contributed by atoms with Gasteiger partial charge in [-0.25, -0.2) is 9.83 Å². The minimum atomic E-state index is -4.83. The van der Waals surface area contributed by atoms with Gasteiger partial charge in [0.05, 0.1) is 12.1 Å². The van der Waals surface area contributed by atoms with Crippen LogP contribution in [-0.4, -0.2) is 32.0 Å². The highest BCUT2D eigenvalue weighted by atomic mass is 32.2. The SMILES string of the molecule is [C-]#[N+]c1ccccc1CSc1nnc2c3ccccc3n(C(=O)c3ccc(OC(F)(F)F)cc3)c2n1. The van der Waals surface area contributed by atoms with Gasteiger partial charge >= 0.3 is 6.36 Å². The van der Waals surface area contributed by atoms with E-state index in [9.17, 15) is 18.0 Å². The number of alkyl halides is 3. The number of thioether (sulfide) groups is 1. The first-order valence-corrected chi connectivity index (χ1v) is 11.4. The van der Waals surface area contributed by atoms with Gasteiger partial charge in [-0.05, 0) is 35.9 Å². The van der Waals surface area contributed by atoms with Crippen LogP contribution in [0.5, 0.6) is 5.75 Å². The quantitative estimate of drug-likeness (QED) is 0.203. The first-order valence-electron chi connectivity index (χ1n) is 10.5. The second-order valence-electron chi connectivity index (χ2n) is 7.53. The van der Waals surface area contributed by atoms with Crippen molar-refractivity contribution in [1.82, 2.24) is 19.7 Å². The van der Waals surface area contributed by atoms with E-state index in [0.29, 0.717) is 33.0 Å². The van der Waals surface area contributed by atoms with Gasteiger partial charge in [-0.3, -0.25) is 9.36 Å². The summed E-state index contributed by atoms with van der Waals surface area (Å²) in [6.45, 7) is 7.32. The third kappa shape index (κ3) is 4.58. The number of aromatic nitrogens is 4. The zero-order valence-corrected chi connectivity index (χ0v) is 19.0. The van der Waals surface area contributed by atoms with Crippen molar-refractivity contribution in [2.24, 2.45) is 0 Å². The van der Waals surface area contributed by atoms with Gasteiger partial charge in [-0.1, -0.05) is 54.2 Å². The smallest absolute Gasteiger partial charge is 0.406 e. The molecule has 0 saturated carbocycles. The van der Waals surface area contributed by atoms with Crippen LogP contribution >= 0.6 is 11.8 Å². The Labute approximate surface area is 206 Å². The molecule has 7 nitrogen and oxygen atoms in total. The zero-order valence-electron chi connectivity index (χ0n) is 18.2. The van der Waals surface area contributed by atoms with Crippen molar-refractivity contribution in [1.29, 1.82) is 0 Å². The summed E-state index contributed by atoms with van der Waals surface area (Å²) in [5.74, 6) is -0.487. The van der Waals surface area contributed by atoms with E-state index in [2.05, 4.69) is 24.8 Å². The van der Waals surface area contributed by atoms with Gasteiger partial charge in [0.25, 0.3) is 5.91 Å². The van der Waals surface area contributed by atoms with Crippen LogP contribution in [0.4, 0.5) is 18.9 Å². The van der Waals surface area contributed by atoms with E-state index in [1.165, 1.54) is 28.5 Å². The molecule has 5 rings (SSSR count). The van der Waals surface area contributed by atoms with Crippen LogP contribution in [0, 0.1) is 6.57 Å². The number of rotatable bonds is 5. The van der Waals surface area contributed by atoms with E-state index in [-0.39, 0.29) is 11.2 Å². The molecule has 2 heterocycles. The maximum Gasteiger partial charge on any atom is 0.573 e. The lowest BCUT2D eigenvalue weighted by Gasteiger charge is -2.10. The number of halogens is 3. The van der Waals surface area contributed by atoms with Gasteiger partial charge in [0.15, 0.2) is 11.3 Å². The van der Waals surface area contributed by atoms with E-state index in [1.54, 1.807) is 36.4 Å². The first kappa shape index (κ1) is 23.3. The van der Waals surface area contributed by atoms with Crippen LogP contribution in [-0.2, 0) is 5.75 Å². The number of nitrogens with zero attached hydrogens (tertiary/aromatic N) is 5. The molecular formula is C25H14F3N5O2S. The molecule has 0 unspecified atom stereocenters. The summed E-state index contributed by atoms with van der Waals surface area (Å²) < 4.78 is 42.7. The van der Waals surface area contributed by atoms with Gasteiger partial charge in [0.2, 0.25) is 5.16 Å². The van der Waals surface area contributed by atoms with E-state index in [0.717, 1.165) is 17.7 Å². The summed E-state index contributed by atoms with van der Waals surface area (Å²) >= 11 is 1.28. The monoisotopic (exact) mass is 505 g/mol. The summed E-state index contributed by atoms with van der Waals surface area (Å²) in [5.41, 5.74) is 2.72. The van der Waals surface area contributed by atoms with Crippen LogP contribution in [0.1, 0.15) is 15.9 Å². The standard InChI is InChI=1S/C25H14F3N5O2S/c1-29-19-8-4-2-6-16(19)14-36-24-30-22-21(31-32-24)18-7-3-5-9-20(18)33(22)23(34)15-10-12-17(13-11-15)35-25(26,27)28/h2-13H,14H2. The minimum Gasteiger partial charge on any atom is -0.406 e. The molecule has 3 aromatic carbocycles. The Hall–Kier alpha value is -4.43. The lowest BCUT2D eigenvalue weighted by molar-refractivity contribution is -0.274. The van der Waals surface area contributed by atoms with Gasteiger partial charge in [-0.15, -0.1) is 23.4 Å². The lowest BCUT2D eigenvalue weighted by atomic mass is 10.2. The Balaban J connectivity index is 1.53. The minimum absolute atomic E-state index is 0.144. The normalized spacial score (nSPS) is 11.5. The van der Waals surface area contributed by atoms with Crippen molar-refractivity contribution in [3.05, 3.63) is 95.3 Å². The fourth-order valence-corrected chi connectivity index (χ4v) is 4.47. The first-order chi connectivity index (χ1) is 17.3. The highest BCUT2D eigenvalue weighted by molar-refractivity contribution is 7.98. The Morgan fingerprint density at radius 2 is 1.72 bits per heavy atom. The molecule has 0 aliphatic heterocycles. The van der Waals surface area contributed by atoms with Gasteiger partial charge in [-0.2, -0.15) is 0 Å². The summed E-state index contributed by atoms with van der Waals surface area (Å²) in [5, 5.41) is 9.47. The molecule has 36 heavy (non-hydrogen) atoms. The summed E-state index contributed by atoms with van der Waals surface area (Å²) in [6, 6.07) is 19.0. The lowest BCUT2D eigenvalue weighted by Crippen LogP contribution is -2.17. The molecule has 0 aliphatic rings. The van der Waals surface area contributed by atoms with Crippen LogP contribution in [0.15, 0.2) is 78.0 Å². The molecule has 0 fully saturated rings. The second-order valence-corrected chi connectivity index (χ2v) is 8.47. The number of ether oxygens (including phenoxy) is 1. The summed E-state index contributed by atoms with van der Waals surface area (Å²) in [6.07, 6.45) is -4.83. The number of hydrogen-bond donors (Lipinski definition) is 0. The molecule has 0 amide bonds. The summed E-state index contributed by atoms with van der Waals surface area (Å²) in [4.78, 5) is 21.6. The number of carbonyl (C=O) groups is 1. The van der Waals surface area contributed by atoms with Crippen molar-refractivity contribution >= 4 is 45.4 Å². The maximum atomic E-state index is 13.5. The second kappa shape index (κ2) is 9.31. The zero-order chi connectivity index (χ0) is 25.3. The Bertz CT molecular complexity index is 1640. The molecule has 0 bridgehead atoms. The molecule has 11 heteroatoms. The van der Waals surface area contributed by atoms with Gasteiger partial charge < -0.3 is 4.74 Å². The Morgan fingerprint density at radius 3 is 2.47 bits per heavy atom. The number of carbonyl (C=O) groups excluding carboxylic acids is 1. The molecule has 0 aliphatic carbocycles. The van der Waals surface area contributed by atoms with E-state index in [1.807, 2.05) is 12.1 Å². The molecule has 5 aromatic rings. The Morgan fingerprint density at radius 1 is 1.00 bits per heavy atom. The van der Waals surface area contributed by atoms with Crippen LogP contribution in [0.25, 0.3) is 26.9 Å². The maximum absolute atomic E-state index is 13.5. The highest BCUT2D eigenvalue weighted by Crippen LogP contribution is 2.31. The topological polar surface area (TPSA) is 74.3 Å². The molecular weight excluding hydrogens is 491 g/mol. The fourth-order valence-electron chi connectivity index (χ4n) is 3.70. The molecule has 2 aromatic heterocycles. The largest absolute Gasteiger partial charge is 0.573 e. The van der Waals surface area contributed by atoms with Crippen molar-refractivity contribution in [3.8, 4) is 5.75 Å². The molecule has 0 spiro atoms.